The van der Waals surface area contributed by atoms with Crippen molar-refractivity contribution in [2.45, 2.75) is 50.6 Å². The van der Waals surface area contributed by atoms with E-state index in [0.717, 1.165) is 17.0 Å². The number of guanidine groups is 1. The molecular formula is C26H28F9N5O2. The summed E-state index contributed by atoms with van der Waals surface area (Å²) >= 11 is 0. The molecule has 232 valence electrons. The van der Waals surface area contributed by atoms with Crippen LogP contribution in [0.25, 0.3) is 0 Å². The van der Waals surface area contributed by atoms with Crippen LogP contribution in [0.4, 0.5) is 39.5 Å². The molecule has 1 heterocycles. The van der Waals surface area contributed by atoms with E-state index in [4.69, 9.17) is 15.3 Å². The molecule has 0 unspecified atom stereocenters. The van der Waals surface area contributed by atoms with Gasteiger partial charge in [0.2, 0.25) is 0 Å². The fourth-order valence-electron chi connectivity index (χ4n) is 4.78. The van der Waals surface area contributed by atoms with Gasteiger partial charge in [0.25, 0.3) is 5.96 Å². The number of methoxy groups -OCH3 is 1. The Balaban J connectivity index is 2.15. The van der Waals surface area contributed by atoms with Crippen molar-refractivity contribution in [2.24, 2.45) is 27.1 Å². The minimum Gasteiger partial charge on any atom is -0.381 e. The van der Waals surface area contributed by atoms with Crippen molar-refractivity contribution in [1.82, 2.24) is 4.90 Å². The fourth-order valence-corrected chi connectivity index (χ4v) is 4.78. The maximum absolute atomic E-state index is 13.7. The van der Waals surface area contributed by atoms with Gasteiger partial charge in [0.1, 0.15) is 0 Å². The first-order valence-electron chi connectivity index (χ1n) is 12.5. The van der Waals surface area contributed by atoms with Gasteiger partial charge in [0.15, 0.2) is 0 Å². The van der Waals surface area contributed by atoms with Gasteiger partial charge in [-0.3, -0.25) is 0 Å². The third-order valence-electron chi connectivity index (χ3n) is 6.69. The Morgan fingerprint density at radius 1 is 0.905 bits per heavy atom. The van der Waals surface area contributed by atoms with Gasteiger partial charge in [-0.25, -0.2) is 0 Å². The van der Waals surface area contributed by atoms with Crippen molar-refractivity contribution in [3.8, 4) is 0 Å². The number of ether oxygens (including phenoxy) is 2. The molecule has 1 fully saturated rings. The smallest absolute Gasteiger partial charge is 0.381 e. The predicted molar refractivity (Wildman–Crippen MR) is 133 cm³/mol. The molecule has 7 nitrogen and oxygen atoms in total. The first-order valence-corrected chi connectivity index (χ1v) is 12.5. The number of hydrogen-bond acceptors (Lipinski definition) is 5. The normalized spacial score (nSPS) is 16.7. The first-order chi connectivity index (χ1) is 19.6. The van der Waals surface area contributed by atoms with Crippen LogP contribution in [0.5, 0.6) is 0 Å². The number of nitrogens with two attached hydrogens (primary N) is 1. The van der Waals surface area contributed by atoms with Gasteiger partial charge in [-0.05, 0) is 65.8 Å². The summed E-state index contributed by atoms with van der Waals surface area (Å²) < 4.78 is 133. The average Bonchev–Trinajstić information content (AvgIpc) is 2.91. The summed E-state index contributed by atoms with van der Waals surface area (Å²) in [6.07, 6.45) is -14.6. The van der Waals surface area contributed by atoms with E-state index in [0.29, 0.717) is 43.8 Å². The van der Waals surface area contributed by atoms with E-state index in [1.807, 2.05) is 0 Å². The molecule has 2 aromatic carbocycles. The molecule has 2 aromatic rings. The van der Waals surface area contributed by atoms with Crippen molar-refractivity contribution >= 4 is 5.96 Å². The summed E-state index contributed by atoms with van der Waals surface area (Å²) in [5.41, 5.74) is -4.25. The molecule has 0 bridgehead atoms. The highest BCUT2D eigenvalue weighted by molar-refractivity contribution is 5.80. The van der Waals surface area contributed by atoms with Gasteiger partial charge < -0.3 is 20.2 Å². The second-order valence-electron chi connectivity index (χ2n) is 9.52. The molecule has 2 N–H and O–H groups in total. The molecule has 1 aliphatic heterocycles. The number of halogens is 9. The van der Waals surface area contributed by atoms with Gasteiger partial charge in [0, 0.05) is 40.5 Å². The van der Waals surface area contributed by atoms with E-state index < -0.39 is 65.9 Å². The molecule has 0 aliphatic carbocycles. The lowest BCUT2D eigenvalue weighted by atomic mass is 9.86. The zero-order valence-corrected chi connectivity index (χ0v) is 22.4. The van der Waals surface area contributed by atoms with Crippen LogP contribution in [0.2, 0.25) is 0 Å². The van der Waals surface area contributed by atoms with E-state index in [9.17, 15) is 39.5 Å². The maximum Gasteiger partial charge on any atom is 0.416 e. The Morgan fingerprint density at radius 3 is 1.95 bits per heavy atom. The van der Waals surface area contributed by atoms with E-state index in [-0.39, 0.29) is 17.5 Å². The molecule has 0 amide bonds. The van der Waals surface area contributed by atoms with Crippen LogP contribution in [0.1, 0.15) is 52.3 Å². The second kappa shape index (κ2) is 13.3. The molecule has 0 radical (unpaired) electrons. The predicted octanol–water partition coefficient (Wildman–Crippen LogP) is 7.17. The summed E-state index contributed by atoms with van der Waals surface area (Å²) in [4.78, 5) is 1.04. The molecule has 0 aromatic heterocycles. The molecule has 0 spiro atoms. The molecular weight excluding hydrogens is 585 g/mol. The van der Waals surface area contributed by atoms with Crippen molar-refractivity contribution < 1.29 is 49.0 Å². The molecule has 3 rings (SSSR count). The summed E-state index contributed by atoms with van der Waals surface area (Å²) in [7, 11) is 2.59. The van der Waals surface area contributed by atoms with Crippen LogP contribution < -0.4 is 5.84 Å². The Morgan fingerprint density at radius 2 is 1.48 bits per heavy atom. The zero-order valence-electron chi connectivity index (χ0n) is 22.4. The molecule has 42 heavy (non-hydrogen) atoms. The van der Waals surface area contributed by atoms with Crippen LogP contribution in [-0.4, -0.2) is 38.2 Å². The van der Waals surface area contributed by atoms with Crippen LogP contribution in [0, 0.1) is 5.92 Å². The summed E-state index contributed by atoms with van der Waals surface area (Å²) in [6, 6.07) is 3.95. The molecule has 1 aliphatic rings. The first kappa shape index (κ1) is 33.1. The minimum absolute atomic E-state index is 0.0265. The van der Waals surface area contributed by atoms with Crippen molar-refractivity contribution in [3.63, 3.8) is 0 Å². The van der Waals surface area contributed by atoms with Gasteiger partial charge in [-0.1, -0.05) is 6.07 Å². The Hall–Kier alpha value is -3.40. The Labute approximate surface area is 235 Å². The number of nitrogens with zero attached hydrogens (tertiary/aromatic N) is 4. The van der Waals surface area contributed by atoms with E-state index >= 15 is 0 Å². The third kappa shape index (κ3) is 8.33. The SMILES string of the molecule is CN=NC(=NN)N(Cc1cc(C(F)(F)F)cc(C(F)(F)F)c1)Cc1cc(C(F)(F)F)ccc1[C@H](OC)C1CCOCC1. The maximum atomic E-state index is 13.7. The van der Waals surface area contributed by atoms with Gasteiger partial charge in [-0.15, -0.1) is 10.2 Å². The van der Waals surface area contributed by atoms with E-state index in [1.165, 1.54) is 20.2 Å². The number of alkyl halides is 9. The number of benzene rings is 2. The van der Waals surface area contributed by atoms with Crippen molar-refractivity contribution in [2.75, 3.05) is 27.4 Å². The second-order valence-corrected chi connectivity index (χ2v) is 9.52. The lowest BCUT2D eigenvalue weighted by Gasteiger charge is -2.32. The summed E-state index contributed by atoms with van der Waals surface area (Å²) in [5.74, 6) is 4.85. The Kier molecular flexibility index (Phi) is 10.5. The largest absolute Gasteiger partial charge is 0.416 e. The van der Waals surface area contributed by atoms with Gasteiger partial charge in [-0.2, -0.15) is 44.6 Å². The van der Waals surface area contributed by atoms with Crippen LogP contribution in [-0.2, 0) is 41.1 Å². The quantitative estimate of drug-likeness (QED) is 0.0897. The highest BCUT2D eigenvalue weighted by Gasteiger charge is 2.38. The van der Waals surface area contributed by atoms with E-state index in [2.05, 4.69) is 15.3 Å². The number of rotatable bonds is 7. The third-order valence-corrected chi connectivity index (χ3v) is 6.69. The van der Waals surface area contributed by atoms with Crippen molar-refractivity contribution in [1.29, 1.82) is 0 Å². The van der Waals surface area contributed by atoms with Crippen LogP contribution in [0.3, 0.4) is 0 Å². The lowest BCUT2D eigenvalue weighted by molar-refractivity contribution is -0.143. The van der Waals surface area contributed by atoms with E-state index in [1.54, 1.807) is 0 Å². The minimum atomic E-state index is -5.11. The van der Waals surface area contributed by atoms with Crippen LogP contribution in [0.15, 0.2) is 51.7 Å². The highest BCUT2D eigenvalue weighted by Crippen LogP contribution is 2.39. The summed E-state index contributed by atoms with van der Waals surface area (Å²) in [5, 5.41) is 10.7. The molecule has 0 saturated carbocycles. The zero-order chi connectivity index (χ0) is 31.3. The van der Waals surface area contributed by atoms with Crippen molar-refractivity contribution in [3.05, 3.63) is 69.8 Å². The molecule has 1 saturated heterocycles. The standard InChI is InChI=1S/C26H28F9N5O2/c1-37-39-23(38-36)40(13-15-9-19(25(30,31)32)12-20(10-15)26(33,34)35)14-17-11-18(24(27,28)29)3-4-21(17)22(41-2)16-5-7-42-8-6-16/h3-4,9-12,16,22H,5-8,13-14,36H2,1-2H3/t22-/m1/s1. The van der Waals surface area contributed by atoms with Crippen LogP contribution >= 0.6 is 0 Å². The number of hydrogen-bond donors (Lipinski definition) is 1. The highest BCUT2D eigenvalue weighted by atomic mass is 19.4. The van der Waals surface area contributed by atoms with Gasteiger partial charge in [0.05, 0.1) is 22.8 Å². The topological polar surface area (TPSA) is 84.8 Å². The summed E-state index contributed by atoms with van der Waals surface area (Å²) in [6.45, 7) is -0.364. The number of azo groups is 1. The van der Waals surface area contributed by atoms with Gasteiger partial charge >= 0.3 is 18.5 Å². The fraction of sp³-hybridized carbons (Fsp3) is 0.500. The monoisotopic (exact) mass is 613 g/mol. The number of hydrazone groups is 1. The molecule has 16 heteroatoms. The average molecular weight is 614 g/mol. The molecule has 1 atom stereocenters. The lowest BCUT2D eigenvalue weighted by Crippen LogP contribution is -2.31. The Bertz CT molecular complexity index is 1240.